The summed E-state index contributed by atoms with van der Waals surface area (Å²) < 4.78 is 6.88. The molecular weight excluding hydrogens is 236 g/mol. The molecule has 0 aliphatic heterocycles. The van der Waals surface area contributed by atoms with Crippen molar-refractivity contribution in [1.29, 1.82) is 5.26 Å². The van der Waals surface area contributed by atoms with E-state index in [2.05, 4.69) is 6.07 Å². The Morgan fingerprint density at radius 2 is 1.94 bits per heavy atom. The molecule has 0 fully saturated rings. The predicted molar refractivity (Wildman–Crippen MR) is 66.8 cm³/mol. The average Bonchev–Trinajstić information content (AvgIpc) is 2.66. The molecule has 0 N–H and O–H groups in total. The number of hydrogen-bond donors (Lipinski definition) is 0. The van der Waals surface area contributed by atoms with Crippen LogP contribution in [0.4, 0.5) is 0 Å². The van der Waals surface area contributed by atoms with Crippen molar-refractivity contribution in [2.24, 2.45) is 0 Å². The Balaban J connectivity index is 2.50. The van der Waals surface area contributed by atoms with Gasteiger partial charge in [-0.05, 0) is 31.2 Å². The van der Waals surface area contributed by atoms with E-state index in [1.54, 1.807) is 17.9 Å². The van der Waals surface area contributed by atoms with E-state index in [-0.39, 0.29) is 0 Å². The maximum atomic E-state index is 8.94. The second-order valence-corrected chi connectivity index (χ2v) is 4.00. The molecule has 0 bridgehead atoms. The summed E-state index contributed by atoms with van der Waals surface area (Å²) in [4.78, 5) is 0. The van der Waals surface area contributed by atoms with Crippen LogP contribution in [0, 0.1) is 18.3 Å². The number of methoxy groups -OCH3 is 1. The van der Waals surface area contributed by atoms with Crippen LogP contribution in [0.15, 0.2) is 30.5 Å². The fourth-order valence-electron chi connectivity index (χ4n) is 1.62. The monoisotopic (exact) mass is 246 g/mol. The molecule has 0 atom stereocenters. The van der Waals surface area contributed by atoms with Crippen LogP contribution in [-0.4, -0.2) is 11.7 Å². The minimum atomic E-state index is 0.562. The molecule has 0 aliphatic rings. The van der Waals surface area contributed by atoms with Crippen LogP contribution in [0.25, 0.3) is 5.69 Å². The first-order chi connectivity index (χ1) is 8.17. The van der Waals surface area contributed by atoms with E-state index in [1.165, 1.54) is 0 Å². The molecule has 2 aromatic rings. The zero-order valence-corrected chi connectivity index (χ0v) is 10.3. The van der Waals surface area contributed by atoms with Gasteiger partial charge in [0.1, 0.15) is 17.0 Å². The summed E-state index contributed by atoms with van der Waals surface area (Å²) in [5.74, 6) is 0.786. The Kier molecular flexibility index (Phi) is 3.08. The smallest absolute Gasteiger partial charge is 0.119 e. The highest BCUT2D eigenvalue weighted by atomic mass is 35.5. The lowest BCUT2D eigenvalue weighted by Crippen LogP contribution is -1.92. The van der Waals surface area contributed by atoms with Crippen LogP contribution in [0.2, 0.25) is 5.15 Å². The van der Waals surface area contributed by atoms with Gasteiger partial charge >= 0.3 is 0 Å². The Morgan fingerprint density at radius 3 is 2.41 bits per heavy atom. The van der Waals surface area contributed by atoms with E-state index >= 15 is 0 Å². The number of halogens is 1. The summed E-state index contributed by atoms with van der Waals surface area (Å²) in [5, 5.41) is 9.51. The first-order valence-corrected chi connectivity index (χ1v) is 5.47. The van der Waals surface area contributed by atoms with Gasteiger partial charge in [-0.25, -0.2) is 0 Å². The van der Waals surface area contributed by atoms with E-state index in [4.69, 9.17) is 21.6 Å². The number of benzene rings is 1. The summed E-state index contributed by atoms with van der Waals surface area (Å²) in [6.07, 6.45) is 1.74. The van der Waals surface area contributed by atoms with E-state index in [9.17, 15) is 0 Å². The second-order valence-electron chi connectivity index (χ2n) is 3.64. The lowest BCUT2D eigenvalue weighted by Gasteiger charge is -2.06. The minimum Gasteiger partial charge on any atom is -0.497 e. The van der Waals surface area contributed by atoms with E-state index in [0.29, 0.717) is 10.7 Å². The van der Waals surface area contributed by atoms with E-state index < -0.39 is 0 Å². The van der Waals surface area contributed by atoms with Gasteiger partial charge in [-0.15, -0.1) is 0 Å². The number of aromatic nitrogens is 1. The van der Waals surface area contributed by atoms with Crippen LogP contribution in [0.5, 0.6) is 5.75 Å². The lowest BCUT2D eigenvalue weighted by atomic mass is 10.2. The molecule has 0 saturated heterocycles. The van der Waals surface area contributed by atoms with Crippen LogP contribution in [0.1, 0.15) is 11.1 Å². The Labute approximate surface area is 105 Å². The highest BCUT2D eigenvalue weighted by molar-refractivity contribution is 6.30. The molecule has 4 heteroatoms. The van der Waals surface area contributed by atoms with Crippen LogP contribution < -0.4 is 4.74 Å². The van der Waals surface area contributed by atoms with Crippen molar-refractivity contribution in [3.8, 4) is 17.5 Å². The third-order valence-electron chi connectivity index (χ3n) is 2.65. The SMILES string of the molecule is COc1ccc(-n2cc(C#N)c(C)c2Cl)cc1. The molecule has 1 aromatic carbocycles. The van der Waals surface area contributed by atoms with Crippen molar-refractivity contribution in [1.82, 2.24) is 4.57 Å². The third-order valence-corrected chi connectivity index (χ3v) is 3.12. The molecule has 0 radical (unpaired) electrons. The Bertz CT molecular complexity index is 579. The molecule has 3 nitrogen and oxygen atoms in total. The van der Waals surface area contributed by atoms with Crippen molar-refractivity contribution in [3.05, 3.63) is 46.7 Å². The van der Waals surface area contributed by atoms with Gasteiger partial charge in [-0.1, -0.05) is 11.6 Å². The van der Waals surface area contributed by atoms with Gasteiger partial charge in [0.25, 0.3) is 0 Å². The van der Waals surface area contributed by atoms with E-state index in [1.807, 2.05) is 31.2 Å². The maximum absolute atomic E-state index is 8.94. The van der Waals surface area contributed by atoms with Crippen molar-refractivity contribution in [3.63, 3.8) is 0 Å². The van der Waals surface area contributed by atoms with Crippen molar-refractivity contribution in [2.75, 3.05) is 7.11 Å². The van der Waals surface area contributed by atoms with Gasteiger partial charge in [0, 0.05) is 17.4 Å². The molecule has 17 heavy (non-hydrogen) atoms. The number of nitriles is 1. The molecule has 0 aliphatic carbocycles. The van der Waals surface area contributed by atoms with Gasteiger partial charge in [0.15, 0.2) is 0 Å². The lowest BCUT2D eigenvalue weighted by molar-refractivity contribution is 0.415. The molecule has 0 saturated carbocycles. The summed E-state index contributed by atoms with van der Waals surface area (Å²) in [6, 6.07) is 9.62. The summed E-state index contributed by atoms with van der Waals surface area (Å²) in [5.41, 5.74) is 2.29. The van der Waals surface area contributed by atoms with Gasteiger partial charge < -0.3 is 9.30 Å². The van der Waals surface area contributed by atoms with Gasteiger partial charge in [0.2, 0.25) is 0 Å². The first kappa shape index (κ1) is 11.6. The number of rotatable bonds is 2. The molecule has 0 amide bonds. The summed E-state index contributed by atoms with van der Waals surface area (Å²) in [6.45, 7) is 1.83. The minimum absolute atomic E-state index is 0.562. The fraction of sp³-hybridized carbons (Fsp3) is 0.154. The standard InChI is InChI=1S/C13H11ClN2O/c1-9-10(7-15)8-16(13(9)14)11-3-5-12(17-2)6-4-11/h3-6,8H,1-2H3. The predicted octanol–water partition coefficient (Wildman–Crippen LogP) is 3.32. The zero-order chi connectivity index (χ0) is 12.4. The molecule has 0 spiro atoms. The number of hydrogen-bond acceptors (Lipinski definition) is 2. The zero-order valence-electron chi connectivity index (χ0n) is 9.57. The highest BCUT2D eigenvalue weighted by Gasteiger charge is 2.11. The van der Waals surface area contributed by atoms with Crippen molar-refractivity contribution in [2.45, 2.75) is 6.92 Å². The normalized spacial score (nSPS) is 10.0. The number of nitrogens with zero attached hydrogens (tertiary/aromatic N) is 2. The van der Waals surface area contributed by atoms with Gasteiger partial charge in [-0.2, -0.15) is 5.26 Å². The van der Waals surface area contributed by atoms with Gasteiger partial charge in [-0.3, -0.25) is 0 Å². The van der Waals surface area contributed by atoms with Gasteiger partial charge in [0.05, 0.1) is 12.7 Å². The number of ether oxygens (including phenoxy) is 1. The highest BCUT2D eigenvalue weighted by Crippen LogP contribution is 2.26. The molecule has 1 aromatic heterocycles. The molecule has 86 valence electrons. The summed E-state index contributed by atoms with van der Waals surface area (Å²) >= 11 is 6.18. The van der Waals surface area contributed by atoms with Crippen molar-refractivity contribution < 1.29 is 4.74 Å². The molecule has 0 unspecified atom stereocenters. The second kappa shape index (κ2) is 4.52. The fourth-order valence-corrected chi connectivity index (χ4v) is 1.87. The van der Waals surface area contributed by atoms with Crippen LogP contribution in [0.3, 0.4) is 0 Å². The van der Waals surface area contributed by atoms with Crippen LogP contribution >= 0.6 is 11.6 Å². The molecule has 2 rings (SSSR count). The maximum Gasteiger partial charge on any atom is 0.119 e. The summed E-state index contributed by atoms with van der Waals surface area (Å²) in [7, 11) is 1.62. The third kappa shape index (κ3) is 2.00. The topological polar surface area (TPSA) is 38.0 Å². The average molecular weight is 247 g/mol. The molecular formula is C13H11ClN2O. The quantitative estimate of drug-likeness (QED) is 0.815. The first-order valence-electron chi connectivity index (χ1n) is 5.09. The largest absolute Gasteiger partial charge is 0.497 e. The van der Waals surface area contributed by atoms with Crippen molar-refractivity contribution >= 4 is 11.6 Å². The Morgan fingerprint density at radius 1 is 1.29 bits per heavy atom. The Hall–Kier alpha value is -1.92. The van der Waals surface area contributed by atoms with Crippen LogP contribution in [-0.2, 0) is 0 Å². The molecule has 1 heterocycles. The van der Waals surface area contributed by atoms with E-state index in [0.717, 1.165) is 17.0 Å².